The molecule has 0 saturated carbocycles. The quantitative estimate of drug-likeness (QED) is 0.684. The number of fused-ring (bicyclic) bond motifs is 1. The summed E-state index contributed by atoms with van der Waals surface area (Å²) < 4.78 is 7.24. The van der Waals surface area contributed by atoms with E-state index < -0.39 is 0 Å². The van der Waals surface area contributed by atoms with Gasteiger partial charge in [0.25, 0.3) is 0 Å². The lowest BCUT2D eigenvalue weighted by Crippen LogP contribution is -2.01. The molecule has 0 N–H and O–H groups in total. The van der Waals surface area contributed by atoms with E-state index in [1.807, 2.05) is 41.1 Å². The third kappa shape index (κ3) is 2.40. The van der Waals surface area contributed by atoms with Crippen molar-refractivity contribution >= 4 is 17.0 Å². The topological polar surface area (TPSA) is 44.1 Å². The van der Waals surface area contributed by atoms with Gasteiger partial charge in [-0.15, -0.1) is 0 Å². The number of hydrogen-bond acceptors (Lipinski definition) is 3. The summed E-state index contributed by atoms with van der Waals surface area (Å²) in [6.07, 6.45) is 3.56. The molecule has 0 saturated heterocycles. The van der Waals surface area contributed by atoms with Crippen molar-refractivity contribution in [3.8, 4) is 5.75 Å². The van der Waals surface area contributed by atoms with Crippen LogP contribution in [0.15, 0.2) is 54.9 Å². The van der Waals surface area contributed by atoms with Crippen LogP contribution >= 0.6 is 0 Å². The number of hydrogen-bond donors (Lipinski definition) is 0. The Kier molecular flexibility index (Phi) is 3.21. The van der Waals surface area contributed by atoms with Gasteiger partial charge in [-0.25, -0.2) is 4.98 Å². The minimum absolute atomic E-state index is 0.326. The first-order chi connectivity index (χ1) is 9.74. The Morgan fingerprint density at radius 1 is 1.20 bits per heavy atom. The zero-order chi connectivity index (χ0) is 13.9. The van der Waals surface area contributed by atoms with E-state index in [4.69, 9.17) is 4.74 Å². The normalized spacial score (nSPS) is 10.7. The third-order valence-electron chi connectivity index (χ3n) is 3.05. The van der Waals surface area contributed by atoms with E-state index in [2.05, 4.69) is 17.1 Å². The van der Waals surface area contributed by atoms with Crippen molar-refractivity contribution in [3.63, 3.8) is 0 Å². The van der Waals surface area contributed by atoms with Gasteiger partial charge in [0.05, 0.1) is 5.39 Å². The zero-order valence-electron chi connectivity index (χ0n) is 11.1. The zero-order valence-corrected chi connectivity index (χ0v) is 11.1. The molecule has 2 aromatic heterocycles. The summed E-state index contributed by atoms with van der Waals surface area (Å²) >= 11 is 0. The van der Waals surface area contributed by atoms with Gasteiger partial charge in [0, 0.05) is 25.9 Å². The first-order valence-electron chi connectivity index (χ1n) is 6.40. The summed E-state index contributed by atoms with van der Waals surface area (Å²) in [6, 6.07) is 13.8. The first kappa shape index (κ1) is 12.4. The summed E-state index contributed by atoms with van der Waals surface area (Å²) in [4.78, 5) is 15.5. The number of rotatable bonds is 3. The number of ether oxygens (including phenoxy) is 1. The van der Waals surface area contributed by atoms with Gasteiger partial charge in [-0.05, 0) is 17.7 Å². The number of nitrogens with zero attached hydrogens (tertiary/aromatic N) is 2. The molecule has 100 valence electrons. The van der Waals surface area contributed by atoms with E-state index in [9.17, 15) is 4.79 Å². The summed E-state index contributed by atoms with van der Waals surface area (Å²) in [5.41, 5.74) is 1.98. The van der Waals surface area contributed by atoms with E-state index in [-0.39, 0.29) is 5.97 Å². The Morgan fingerprint density at radius 2 is 2.00 bits per heavy atom. The van der Waals surface area contributed by atoms with Crippen LogP contribution in [0.3, 0.4) is 0 Å². The van der Waals surface area contributed by atoms with Crippen LogP contribution < -0.4 is 4.74 Å². The molecule has 1 aromatic carbocycles. The van der Waals surface area contributed by atoms with E-state index in [1.165, 1.54) is 12.5 Å². The van der Waals surface area contributed by atoms with Crippen molar-refractivity contribution in [2.75, 3.05) is 0 Å². The average Bonchev–Trinajstić information content (AvgIpc) is 2.78. The monoisotopic (exact) mass is 266 g/mol. The molecule has 2 heterocycles. The van der Waals surface area contributed by atoms with Crippen molar-refractivity contribution in [1.82, 2.24) is 9.55 Å². The molecule has 0 aliphatic heterocycles. The smallest absolute Gasteiger partial charge is 0.308 e. The van der Waals surface area contributed by atoms with Gasteiger partial charge in [0.1, 0.15) is 5.65 Å². The van der Waals surface area contributed by atoms with Crippen LogP contribution in [0.1, 0.15) is 12.5 Å². The second-order valence-electron chi connectivity index (χ2n) is 4.58. The van der Waals surface area contributed by atoms with Crippen LogP contribution in [0.25, 0.3) is 11.0 Å². The highest BCUT2D eigenvalue weighted by molar-refractivity contribution is 5.86. The molecule has 4 heteroatoms. The SMILES string of the molecule is CC(=O)Oc1cn(Cc2ccccc2)c2ncccc12. The predicted molar refractivity (Wildman–Crippen MR) is 76.6 cm³/mol. The Hall–Kier alpha value is -2.62. The average molecular weight is 266 g/mol. The Bertz CT molecular complexity index is 748. The second-order valence-corrected chi connectivity index (χ2v) is 4.58. The van der Waals surface area contributed by atoms with Crippen LogP contribution in [0.5, 0.6) is 5.75 Å². The van der Waals surface area contributed by atoms with Crippen LogP contribution in [0.2, 0.25) is 0 Å². The third-order valence-corrected chi connectivity index (χ3v) is 3.05. The van der Waals surface area contributed by atoms with Crippen LogP contribution in [-0.4, -0.2) is 15.5 Å². The molecule has 0 unspecified atom stereocenters. The highest BCUT2D eigenvalue weighted by atomic mass is 16.5. The fourth-order valence-corrected chi connectivity index (χ4v) is 2.23. The van der Waals surface area contributed by atoms with E-state index in [1.54, 1.807) is 6.20 Å². The predicted octanol–water partition coefficient (Wildman–Crippen LogP) is 3.01. The maximum Gasteiger partial charge on any atom is 0.308 e. The van der Waals surface area contributed by atoms with Gasteiger partial charge < -0.3 is 9.30 Å². The fourth-order valence-electron chi connectivity index (χ4n) is 2.23. The maximum absolute atomic E-state index is 11.2. The Labute approximate surface area is 116 Å². The first-order valence-corrected chi connectivity index (χ1v) is 6.40. The van der Waals surface area contributed by atoms with Crippen molar-refractivity contribution in [2.24, 2.45) is 0 Å². The van der Waals surface area contributed by atoms with Crippen molar-refractivity contribution in [2.45, 2.75) is 13.5 Å². The molecule has 0 fully saturated rings. The minimum atomic E-state index is -0.326. The molecule has 0 amide bonds. The molecule has 3 aromatic rings. The molecule has 0 aliphatic rings. The van der Waals surface area contributed by atoms with Crippen LogP contribution in [0.4, 0.5) is 0 Å². The molecule has 20 heavy (non-hydrogen) atoms. The van der Waals surface area contributed by atoms with Crippen LogP contribution in [0, 0.1) is 0 Å². The number of carbonyl (C=O) groups excluding carboxylic acids is 1. The van der Waals surface area contributed by atoms with Crippen molar-refractivity contribution < 1.29 is 9.53 Å². The van der Waals surface area contributed by atoms with Crippen molar-refractivity contribution in [3.05, 3.63) is 60.4 Å². The van der Waals surface area contributed by atoms with Gasteiger partial charge in [-0.3, -0.25) is 4.79 Å². The summed E-state index contributed by atoms with van der Waals surface area (Å²) in [7, 11) is 0. The van der Waals surface area contributed by atoms with E-state index >= 15 is 0 Å². The summed E-state index contributed by atoms with van der Waals surface area (Å²) in [5, 5.41) is 0.846. The second kappa shape index (κ2) is 5.17. The van der Waals surface area contributed by atoms with Crippen LogP contribution in [-0.2, 0) is 11.3 Å². The minimum Gasteiger partial charge on any atom is -0.424 e. The largest absolute Gasteiger partial charge is 0.424 e. The molecule has 0 radical (unpaired) electrons. The highest BCUT2D eigenvalue weighted by Crippen LogP contribution is 2.27. The number of aromatic nitrogens is 2. The Balaban J connectivity index is 2.04. The lowest BCUT2D eigenvalue weighted by molar-refractivity contribution is -0.131. The molecule has 0 atom stereocenters. The number of benzene rings is 1. The maximum atomic E-state index is 11.2. The fraction of sp³-hybridized carbons (Fsp3) is 0.125. The standard InChI is InChI=1S/C16H14N2O2/c1-12(19)20-15-11-18(10-13-6-3-2-4-7-13)16-14(15)8-5-9-17-16/h2-9,11H,10H2,1H3. The molecule has 3 rings (SSSR count). The molecule has 0 spiro atoms. The van der Waals surface area contributed by atoms with E-state index in [0.717, 1.165) is 11.0 Å². The lowest BCUT2D eigenvalue weighted by Gasteiger charge is -2.03. The number of esters is 1. The van der Waals surface area contributed by atoms with Gasteiger partial charge in [-0.2, -0.15) is 0 Å². The summed E-state index contributed by atoms with van der Waals surface area (Å²) in [6.45, 7) is 2.09. The number of pyridine rings is 1. The van der Waals surface area contributed by atoms with E-state index in [0.29, 0.717) is 12.3 Å². The number of carbonyl (C=O) groups is 1. The molecular weight excluding hydrogens is 252 g/mol. The highest BCUT2D eigenvalue weighted by Gasteiger charge is 2.12. The van der Waals surface area contributed by atoms with Gasteiger partial charge in [0.2, 0.25) is 0 Å². The molecule has 4 nitrogen and oxygen atoms in total. The molecular formula is C16H14N2O2. The van der Waals surface area contributed by atoms with Gasteiger partial charge >= 0.3 is 5.97 Å². The molecule has 0 bridgehead atoms. The lowest BCUT2D eigenvalue weighted by atomic mass is 10.2. The molecule has 0 aliphatic carbocycles. The summed E-state index contributed by atoms with van der Waals surface area (Å²) in [5.74, 6) is 0.226. The van der Waals surface area contributed by atoms with Crippen molar-refractivity contribution in [1.29, 1.82) is 0 Å². The van der Waals surface area contributed by atoms with Gasteiger partial charge in [0.15, 0.2) is 5.75 Å². The Morgan fingerprint density at radius 3 is 2.75 bits per heavy atom. The van der Waals surface area contributed by atoms with Gasteiger partial charge in [-0.1, -0.05) is 30.3 Å².